The summed E-state index contributed by atoms with van der Waals surface area (Å²) in [5.41, 5.74) is 2.46. The van der Waals surface area contributed by atoms with E-state index in [9.17, 15) is 14.0 Å². The minimum Gasteiger partial charge on any atom is -0.483 e. The predicted octanol–water partition coefficient (Wildman–Crippen LogP) is 5.33. The molecule has 0 bridgehead atoms. The topological polar surface area (TPSA) is 132 Å². The second-order valence-corrected chi connectivity index (χ2v) is 10.8. The second-order valence-electron chi connectivity index (χ2n) is 10.8. The lowest BCUT2D eigenvalue weighted by molar-refractivity contribution is 0.0367. The number of ether oxygens (including phenoxy) is 2. The summed E-state index contributed by atoms with van der Waals surface area (Å²) in [6.45, 7) is 1.94. The van der Waals surface area contributed by atoms with E-state index in [1.807, 2.05) is 12.1 Å². The number of nitrogens with one attached hydrogen (secondary N) is 1. The van der Waals surface area contributed by atoms with E-state index in [4.69, 9.17) is 19.8 Å². The van der Waals surface area contributed by atoms with Crippen molar-refractivity contribution in [2.75, 3.05) is 37.1 Å². The molecule has 6 rings (SSSR count). The number of nitriles is 1. The van der Waals surface area contributed by atoms with Crippen molar-refractivity contribution in [1.29, 1.82) is 5.26 Å². The van der Waals surface area contributed by atoms with Gasteiger partial charge in [-0.25, -0.2) is 14.2 Å². The highest BCUT2D eigenvalue weighted by Gasteiger charge is 2.33. The van der Waals surface area contributed by atoms with Crippen LogP contribution in [0.25, 0.3) is 0 Å². The van der Waals surface area contributed by atoms with Crippen LogP contribution in [0.3, 0.4) is 0 Å². The van der Waals surface area contributed by atoms with Crippen molar-refractivity contribution >= 4 is 17.3 Å². The monoisotopic (exact) mass is 591 g/mol. The largest absolute Gasteiger partial charge is 0.483 e. The van der Waals surface area contributed by atoms with Gasteiger partial charge in [0.25, 0.3) is 5.56 Å². The minimum absolute atomic E-state index is 0.000465. The summed E-state index contributed by atoms with van der Waals surface area (Å²) < 4.78 is 23.3. The molecule has 1 aliphatic carbocycles. The van der Waals surface area contributed by atoms with Gasteiger partial charge in [-0.3, -0.25) is 4.79 Å². The number of carboxylic acid groups (broad SMARTS) is 1. The van der Waals surface area contributed by atoms with E-state index in [2.05, 4.69) is 33.9 Å². The molecule has 2 aliphatic heterocycles. The number of aromatic nitrogens is 2. The predicted molar refractivity (Wildman–Crippen MR) is 161 cm³/mol. The molecule has 1 saturated heterocycles. The Bertz CT molecular complexity index is 1480. The molecule has 2 fully saturated rings. The first-order valence-electron chi connectivity index (χ1n) is 14.5. The van der Waals surface area contributed by atoms with Crippen molar-refractivity contribution in [3.05, 3.63) is 81.8 Å². The maximum atomic E-state index is 13.5. The molecule has 43 heavy (non-hydrogen) atoms. The molecule has 0 radical (unpaired) electrons. The van der Waals surface area contributed by atoms with Gasteiger partial charge in [-0.05, 0) is 55.2 Å². The molecule has 1 atom stereocenters. The van der Waals surface area contributed by atoms with Crippen molar-refractivity contribution in [1.82, 2.24) is 9.97 Å². The number of carbonyl (C=O) groups is 1. The van der Waals surface area contributed by atoms with Gasteiger partial charge >= 0.3 is 5.97 Å². The lowest BCUT2D eigenvalue weighted by atomic mass is 9.86. The molecular weight excluding hydrogens is 553 g/mol. The second kappa shape index (κ2) is 15.2. The number of anilines is 2. The van der Waals surface area contributed by atoms with E-state index in [-0.39, 0.29) is 23.5 Å². The van der Waals surface area contributed by atoms with E-state index in [1.165, 1.54) is 69.3 Å². The first-order chi connectivity index (χ1) is 20.8. The smallest absolute Gasteiger partial charge is 0.335 e. The Morgan fingerprint density at radius 1 is 1.09 bits per heavy atom. The number of aromatic carboxylic acids is 1. The van der Waals surface area contributed by atoms with Crippen molar-refractivity contribution < 1.29 is 23.8 Å². The number of hydrogen-bond donors (Lipinski definition) is 2. The maximum absolute atomic E-state index is 13.5. The van der Waals surface area contributed by atoms with Gasteiger partial charge in [-0.2, -0.15) is 5.26 Å². The third-order valence-electron chi connectivity index (χ3n) is 7.87. The molecule has 2 aromatic carbocycles. The van der Waals surface area contributed by atoms with Gasteiger partial charge in [0.1, 0.15) is 18.6 Å². The highest BCUT2D eigenvalue weighted by molar-refractivity contribution is 5.92. The summed E-state index contributed by atoms with van der Waals surface area (Å²) in [5, 5.41) is 17.7. The van der Waals surface area contributed by atoms with E-state index in [0.29, 0.717) is 17.6 Å². The number of H-pyrrole nitrogens is 1. The van der Waals surface area contributed by atoms with E-state index in [1.54, 1.807) is 12.1 Å². The molecule has 11 heteroatoms. The van der Waals surface area contributed by atoms with Crippen LogP contribution in [0.5, 0.6) is 5.75 Å². The van der Waals surface area contributed by atoms with Crippen LogP contribution < -0.4 is 20.1 Å². The highest BCUT2D eigenvalue weighted by atomic mass is 19.1. The highest BCUT2D eigenvalue weighted by Crippen LogP contribution is 2.41. The van der Waals surface area contributed by atoms with Gasteiger partial charge < -0.3 is 29.4 Å². The quantitative estimate of drug-likeness (QED) is 0.390. The SMILES string of the molecule is C1COC1.CN1c2ccc(C(=O)O)cc2N(C)C1CC1CCCCC1.N#Cc1ccc(OCc2nccc(=O)[nH]2)c(F)c1. The van der Waals surface area contributed by atoms with Crippen LogP contribution in [-0.4, -0.2) is 54.5 Å². The number of aromatic amines is 1. The third-order valence-corrected chi connectivity index (χ3v) is 7.87. The van der Waals surface area contributed by atoms with Gasteiger partial charge in [0.15, 0.2) is 11.6 Å². The van der Waals surface area contributed by atoms with E-state index in [0.717, 1.165) is 36.6 Å². The van der Waals surface area contributed by atoms with Crippen LogP contribution in [0.4, 0.5) is 15.8 Å². The number of fused-ring (bicyclic) bond motifs is 1. The van der Waals surface area contributed by atoms with Gasteiger partial charge in [-0.15, -0.1) is 0 Å². The molecule has 1 unspecified atom stereocenters. The Morgan fingerprint density at radius 2 is 1.79 bits per heavy atom. The van der Waals surface area contributed by atoms with Crippen molar-refractivity contribution in [3.8, 4) is 11.8 Å². The number of hydrogen-bond acceptors (Lipinski definition) is 8. The molecule has 10 nitrogen and oxygen atoms in total. The van der Waals surface area contributed by atoms with Crippen LogP contribution in [0.1, 0.15) is 66.7 Å². The lowest BCUT2D eigenvalue weighted by Gasteiger charge is -2.32. The van der Waals surface area contributed by atoms with Crippen molar-refractivity contribution in [3.63, 3.8) is 0 Å². The van der Waals surface area contributed by atoms with Gasteiger partial charge in [0.2, 0.25) is 0 Å². The first-order valence-corrected chi connectivity index (χ1v) is 14.5. The molecule has 1 saturated carbocycles. The van der Waals surface area contributed by atoms with Gasteiger partial charge in [-0.1, -0.05) is 32.1 Å². The van der Waals surface area contributed by atoms with Crippen molar-refractivity contribution in [2.45, 2.75) is 57.7 Å². The van der Waals surface area contributed by atoms with Crippen LogP contribution in [0.15, 0.2) is 53.5 Å². The zero-order valence-electron chi connectivity index (χ0n) is 24.6. The Morgan fingerprint density at radius 3 is 2.40 bits per heavy atom. The molecule has 0 amide bonds. The normalized spacial score (nSPS) is 17.3. The minimum atomic E-state index is -0.857. The number of benzene rings is 2. The number of halogens is 1. The Hall–Kier alpha value is -4.43. The molecule has 2 N–H and O–H groups in total. The Balaban J connectivity index is 0.000000176. The summed E-state index contributed by atoms with van der Waals surface area (Å²) in [6.07, 6.45) is 10.9. The summed E-state index contributed by atoms with van der Waals surface area (Å²) in [7, 11) is 4.21. The van der Waals surface area contributed by atoms with Crippen LogP contribution in [0.2, 0.25) is 0 Å². The van der Waals surface area contributed by atoms with Gasteiger partial charge in [0.05, 0.1) is 28.6 Å². The van der Waals surface area contributed by atoms with Crippen LogP contribution in [0, 0.1) is 23.1 Å². The van der Waals surface area contributed by atoms with Crippen LogP contribution in [-0.2, 0) is 11.3 Å². The summed E-state index contributed by atoms with van der Waals surface area (Å²) in [4.78, 5) is 33.0. The summed E-state index contributed by atoms with van der Waals surface area (Å²) >= 11 is 0. The number of carboxylic acids is 1. The summed E-state index contributed by atoms with van der Waals surface area (Å²) in [6, 6.07) is 12.4. The zero-order chi connectivity index (χ0) is 30.8. The fraction of sp³-hybridized carbons (Fsp3) is 0.438. The standard InChI is InChI=1S/C17H24N2O2.C12H8FN3O2.C3H6O/c1-18-14-9-8-13(17(20)21)11-15(14)19(2)16(18)10-12-6-4-3-5-7-12;13-9-5-8(6-14)1-2-10(9)18-7-11-15-4-3-12(17)16-11;1-2-4-3-1/h8-9,11-12,16H,3-7,10H2,1-2H3,(H,20,21);1-5H,7H2,(H,15,16,17);1-3H2. The molecule has 1 aromatic heterocycles. The van der Waals surface area contributed by atoms with E-state index >= 15 is 0 Å². The van der Waals surface area contributed by atoms with E-state index < -0.39 is 11.8 Å². The fourth-order valence-electron chi connectivity index (χ4n) is 5.32. The number of nitrogens with zero attached hydrogens (tertiary/aromatic N) is 4. The fourth-order valence-corrected chi connectivity index (χ4v) is 5.32. The lowest BCUT2D eigenvalue weighted by Crippen LogP contribution is -2.40. The Kier molecular flexibility index (Phi) is 11.1. The summed E-state index contributed by atoms with van der Waals surface area (Å²) in [5.74, 6) is -0.384. The van der Waals surface area contributed by atoms with Crippen LogP contribution >= 0.6 is 0 Å². The average molecular weight is 592 g/mol. The molecule has 3 aromatic rings. The molecule has 3 aliphatic rings. The van der Waals surface area contributed by atoms with Gasteiger partial charge in [0, 0.05) is 39.6 Å². The number of rotatable bonds is 6. The molecule has 228 valence electrons. The molecule has 0 spiro atoms. The first kappa shape index (κ1) is 31.5. The average Bonchev–Trinajstić information content (AvgIpc) is 3.20. The molecule has 3 heterocycles. The zero-order valence-corrected chi connectivity index (χ0v) is 24.6. The maximum Gasteiger partial charge on any atom is 0.335 e. The van der Waals surface area contributed by atoms with Crippen molar-refractivity contribution in [2.24, 2.45) is 5.92 Å². The Labute approximate surface area is 250 Å². The molecular formula is C32H38FN5O5. The third kappa shape index (κ3) is 8.55.